The molecule has 0 spiro atoms. The second-order valence-corrected chi connectivity index (χ2v) is 6.21. The Kier molecular flexibility index (Phi) is 6.68. The molecule has 0 aliphatic carbocycles. The zero-order valence-electron chi connectivity index (χ0n) is 14.2. The number of rotatable bonds is 7. The van der Waals surface area contributed by atoms with Gasteiger partial charge in [0.1, 0.15) is 28.7 Å². The number of halogens is 2. The lowest BCUT2D eigenvalue weighted by molar-refractivity contribution is -0.140. The highest BCUT2D eigenvalue weighted by molar-refractivity contribution is 7.80. The van der Waals surface area contributed by atoms with Gasteiger partial charge in [-0.2, -0.15) is 12.6 Å². The van der Waals surface area contributed by atoms with Crippen LogP contribution in [0.3, 0.4) is 0 Å². The first-order valence-electron chi connectivity index (χ1n) is 7.87. The Balaban J connectivity index is 2.37. The molecular weight excluding hydrogens is 378 g/mol. The van der Waals surface area contributed by atoms with Gasteiger partial charge in [-0.25, -0.2) is 13.6 Å². The third kappa shape index (κ3) is 5.13. The van der Waals surface area contributed by atoms with Gasteiger partial charge < -0.3 is 14.6 Å². The van der Waals surface area contributed by atoms with Gasteiger partial charge in [-0.1, -0.05) is 6.07 Å². The maximum absolute atomic E-state index is 13.9. The van der Waals surface area contributed by atoms with Gasteiger partial charge in [0.05, 0.1) is 5.92 Å². The molecule has 2 aromatic rings. The minimum absolute atomic E-state index is 0.00147. The van der Waals surface area contributed by atoms with E-state index >= 15 is 0 Å². The van der Waals surface area contributed by atoms with Crippen molar-refractivity contribution in [3.63, 3.8) is 0 Å². The van der Waals surface area contributed by atoms with Crippen LogP contribution in [0.4, 0.5) is 8.78 Å². The van der Waals surface area contributed by atoms with Gasteiger partial charge in [-0.15, -0.1) is 0 Å². The molecule has 1 atom stereocenters. The smallest absolute Gasteiger partial charge is 0.339 e. The van der Waals surface area contributed by atoms with Gasteiger partial charge in [0.2, 0.25) is 0 Å². The summed E-state index contributed by atoms with van der Waals surface area (Å²) in [4.78, 5) is 34.9. The fourth-order valence-electron chi connectivity index (χ4n) is 2.44. The molecule has 2 aromatic carbocycles. The summed E-state index contributed by atoms with van der Waals surface area (Å²) in [6.07, 6.45) is -0.0797. The molecular formula is C19H16F2O5S. The SMILES string of the molecule is CC(=O)C[C@@H](CS)C(=O)Oc1ccc(-c2ccc(F)cc2F)cc1C(=O)O. The molecule has 0 heterocycles. The van der Waals surface area contributed by atoms with Crippen LogP contribution in [0.25, 0.3) is 11.1 Å². The van der Waals surface area contributed by atoms with Crippen molar-refractivity contribution >= 4 is 30.4 Å². The highest BCUT2D eigenvalue weighted by Gasteiger charge is 2.24. The van der Waals surface area contributed by atoms with Crippen molar-refractivity contribution in [2.45, 2.75) is 13.3 Å². The van der Waals surface area contributed by atoms with Gasteiger partial charge >= 0.3 is 11.9 Å². The Morgan fingerprint density at radius 3 is 2.41 bits per heavy atom. The average molecular weight is 394 g/mol. The zero-order valence-corrected chi connectivity index (χ0v) is 15.1. The van der Waals surface area contributed by atoms with Crippen molar-refractivity contribution in [3.05, 3.63) is 53.6 Å². The van der Waals surface area contributed by atoms with E-state index in [4.69, 9.17) is 4.74 Å². The number of hydrogen-bond donors (Lipinski definition) is 2. The summed E-state index contributed by atoms with van der Waals surface area (Å²) in [6, 6.07) is 6.60. The molecule has 5 nitrogen and oxygen atoms in total. The molecule has 0 radical (unpaired) electrons. The van der Waals surface area contributed by atoms with E-state index in [-0.39, 0.29) is 40.4 Å². The van der Waals surface area contributed by atoms with Crippen molar-refractivity contribution in [1.29, 1.82) is 0 Å². The lowest BCUT2D eigenvalue weighted by Crippen LogP contribution is -2.24. The summed E-state index contributed by atoms with van der Waals surface area (Å²) in [5.41, 5.74) is -0.189. The van der Waals surface area contributed by atoms with Crippen molar-refractivity contribution in [2.75, 3.05) is 5.75 Å². The van der Waals surface area contributed by atoms with Crippen LogP contribution in [0, 0.1) is 17.6 Å². The number of thiol groups is 1. The number of hydrogen-bond acceptors (Lipinski definition) is 5. The Bertz CT molecular complexity index is 898. The first kappa shape index (κ1) is 20.6. The second-order valence-electron chi connectivity index (χ2n) is 5.85. The maximum atomic E-state index is 13.9. The monoisotopic (exact) mass is 394 g/mol. The third-order valence-corrected chi connectivity index (χ3v) is 4.19. The number of esters is 1. The van der Waals surface area contributed by atoms with Gasteiger partial charge in [0.25, 0.3) is 0 Å². The first-order valence-corrected chi connectivity index (χ1v) is 8.51. The lowest BCUT2D eigenvalue weighted by Gasteiger charge is -2.14. The number of aromatic carboxylic acids is 1. The molecule has 0 fully saturated rings. The normalized spacial score (nSPS) is 11.7. The summed E-state index contributed by atoms with van der Waals surface area (Å²) < 4.78 is 32.1. The van der Waals surface area contributed by atoms with Crippen molar-refractivity contribution < 1.29 is 33.0 Å². The van der Waals surface area contributed by atoms with Crippen molar-refractivity contribution in [3.8, 4) is 16.9 Å². The van der Waals surface area contributed by atoms with Crippen LogP contribution in [0.5, 0.6) is 5.75 Å². The van der Waals surface area contributed by atoms with Crippen LogP contribution < -0.4 is 4.74 Å². The Morgan fingerprint density at radius 1 is 1.15 bits per heavy atom. The standard InChI is InChI=1S/C19H16F2O5S/c1-10(22)6-12(9-27)19(25)26-17-5-2-11(7-15(17)18(23)24)14-4-3-13(20)8-16(14)21/h2-5,7-8,12,27H,6,9H2,1H3,(H,23,24)/t12-/m0/s1. The summed E-state index contributed by atoms with van der Waals surface area (Å²) in [7, 11) is 0. The lowest BCUT2D eigenvalue weighted by atomic mass is 10.0. The van der Waals surface area contributed by atoms with E-state index in [1.807, 2.05) is 0 Å². The molecule has 0 aliphatic rings. The molecule has 2 rings (SSSR count). The molecule has 0 saturated heterocycles. The summed E-state index contributed by atoms with van der Waals surface area (Å²) in [5.74, 6) is -5.03. The topological polar surface area (TPSA) is 80.7 Å². The van der Waals surface area contributed by atoms with Gasteiger partial charge in [0.15, 0.2) is 0 Å². The molecule has 0 bridgehead atoms. The van der Waals surface area contributed by atoms with Gasteiger partial charge in [-0.3, -0.25) is 4.79 Å². The van der Waals surface area contributed by atoms with Crippen LogP contribution in [-0.4, -0.2) is 28.6 Å². The van der Waals surface area contributed by atoms with Crippen molar-refractivity contribution in [2.24, 2.45) is 5.92 Å². The number of carbonyl (C=O) groups is 3. The van der Waals surface area contributed by atoms with Crippen LogP contribution >= 0.6 is 12.6 Å². The number of benzene rings is 2. The zero-order chi connectivity index (χ0) is 20.1. The molecule has 142 valence electrons. The summed E-state index contributed by atoms with van der Waals surface area (Å²) >= 11 is 4.00. The quantitative estimate of drug-likeness (QED) is 0.425. The molecule has 0 amide bonds. The molecule has 0 aliphatic heterocycles. The maximum Gasteiger partial charge on any atom is 0.339 e. The Hall–Kier alpha value is -2.74. The highest BCUT2D eigenvalue weighted by atomic mass is 32.1. The number of Topliss-reactive ketones (excluding diaryl/α,β-unsaturated/α-hetero) is 1. The first-order chi connectivity index (χ1) is 12.7. The fraction of sp³-hybridized carbons (Fsp3) is 0.211. The van der Waals surface area contributed by atoms with Crippen LogP contribution in [0.2, 0.25) is 0 Å². The second kappa shape index (κ2) is 8.77. The van der Waals surface area contributed by atoms with E-state index in [0.29, 0.717) is 6.07 Å². The third-order valence-electron chi connectivity index (χ3n) is 3.75. The highest BCUT2D eigenvalue weighted by Crippen LogP contribution is 2.29. The predicted octanol–water partition coefficient (Wildman–Crippen LogP) is 3.76. The van der Waals surface area contributed by atoms with Crippen LogP contribution in [0.1, 0.15) is 23.7 Å². The predicted molar refractivity (Wildman–Crippen MR) is 97.0 cm³/mol. The Labute approximate surface area is 159 Å². The van der Waals surface area contributed by atoms with E-state index in [2.05, 4.69) is 12.6 Å². The number of ether oxygens (including phenoxy) is 1. The van der Waals surface area contributed by atoms with E-state index in [1.54, 1.807) is 0 Å². The van der Waals surface area contributed by atoms with Crippen LogP contribution in [-0.2, 0) is 9.59 Å². The van der Waals surface area contributed by atoms with E-state index in [9.17, 15) is 28.3 Å². The molecule has 0 aromatic heterocycles. The van der Waals surface area contributed by atoms with E-state index < -0.39 is 29.5 Å². The average Bonchev–Trinajstić information content (AvgIpc) is 2.59. The summed E-state index contributed by atoms with van der Waals surface area (Å²) in [6.45, 7) is 1.32. The number of ketones is 1. The molecule has 27 heavy (non-hydrogen) atoms. The fourth-order valence-corrected chi connectivity index (χ4v) is 2.72. The minimum atomic E-state index is -1.39. The van der Waals surface area contributed by atoms with E-state index in [1.165, 1.54) is 25.1 Å². The number of carbonyl (C=O) groups excluding carboxylic acids is 2. The molecule has 0 saturated carbocycles. The van der Waals surface area contributed by atoms with Gasteiger partial charge in [-0.05, 0) is 36.8 Å². The van der Waals surface area contributed by atoms with Gasteiger partial charge in [0, 0.05) is 23.8 Å². The van der Waals surface area contributed by atoms with Crippen LogP contribution in [0.15, 0.2) is 36.4 Å². The molecule has 1 N–H and O–H groups in total. The number of carboxylic acid groups (broad SMARTS) is 1. The largest absolute Gasteiger partial charge is 0.478 e. The Morgan fingerprint density at radius 2 is 1.85 bits per heavy atom. The minimum Gasteiger partial charge on any atom is -0.478 e. The van der Waals surface area contributed by atoms with E-state index in [0.717, 1.165) is 12.1 Å². The summed E-state index contributed by atoms with van der Waals surface area (Å²) in [5, 5.41) is 9.39. The molecule has 0 unspecified atom stereocenters. The molecule has 8 heteroatoms. The number of carboxylic acids is 1. The van der Waals surface area contributed by atoms with Crippen molar-refractivity contribution in [1.82, 2.24) is 0 Å².